The number of aliphatic hydroxyl groups excluding tert-OH is 2. The highest BCUT2D eigenvalue weighted by Crippen LogP contribution is 2.54. The molecule has 3 aliphatic carbocycles. The van der Waals surface area contributed by atoms with E-state index in [4.69, 9.17) is 5.73 Å². The molecule has 0 heterocycles. The highest BCUT2D eigenvalue weighted by molar-refractivity contribution is 6.24. The lowest BCUT2D eigenvalue weighted by molar-refractivity contribution is -0.153. The summed E-state index contributed by atoms with van der Waals surface area (Å²) < 4.78 is 0. The molecule has 8 N–H and O–H groups in total. The number of ketones is 2. The van der Waals surface area contributed by atoms with Crippen molar-refractivity contribution in [3.8, 4) is 5.75 Å². The number of carboxylic acid groups (broad SMARTS) is 1. The van der Waals surface area contributed by atoms with Gasteiger partial charge in [0.15, 0.2) is 11.4 Å². The van der Waals surface area contributed by atoms with Crippen molar-refractivity contribution < 1.29 is 49.5 Å². The predicted octanol–water partition coefficient (Wildman–Crippen LogP) is 0.981. The van der Waals surface area contributed by atoms with E-state index in [0.29, 0.717) is 11.3 Å². The number of nitrogens with two attached hydrogens (primary N) is 1. The molecule has 1 saturated carbocycles. The van der Waals surface area contributed by atoms with E-state index in [0.717, 1.165) is 0 Å². The first-order valence-electron chi connectivity index (χ1n) is 13.9. The number of phenols is 1. The number of benzene rings is 2. The Labute approximate surface area is 256 Å². The second kappa shape index (κ2) is 10.7. The maximum Gasteiger partial charge on any atom is 0.336 e. The quantitative estimate of drug-likeness (QED) is 0.177. The summed E-state index contributed by atoms with van der Waals surface area (Å²) in [6.45, 7) is 0. The highest BCUT2D eigenvalue weighted by atomic mass is 16.4. The number of aliphatic hydroxyl groups is 3. The molecule has 0 radical (unpaired) electrons. The van der Waals surface area contributed by atoms with E-state index in [1.54, 1.807) is 19.0 Å². The van der Waals surface area contributed by atoms with Gasteiger partial charge in [0, 0.05) is 31.3 Å². The van der Waals surface area contributed by atoms with Crippen LogP contribution in [0.2, 0.25) is 0 Å². The molecule has 0 saturated heterocycles. The number of carbonyl (C=O) groups is 5. The smallest absolute Gasteiger partial charge is 0.336 e. The van der Waals surface area contributed by atoms with Crippen LogP contribution < -0.4 is 16.0 Å². The van der Waals surface area contributed by atoms with E-state index >= 15 is 0 Å². The first kappa shape index (κ1) is 31.2. The lowest BCUT2D eigenvalue weighted by Gasteiger charge is -2.50. The van der Waals surface area contributed by atoms with E-state index in [-0.39, 0.29) is 40.8 Å². The van der Waals surface area contributed by atoms with Gasteiger partial charge in [-0.1, -0.05) is 12.1 Å². The van der Waals surface area contributed by atoms with E-state index in [1.165, 1.54) is 49.3 Å². The number of anilines is 2. The monoisotopic (exact) mass is 620 g/mol. The first-order valence-corrected chi connectivity index (χ1v) is 13.9. The Morgan fingerprint density at radius 2 is 1.64 bits per heavy atom. The van der Waals surface area contributed by atoms with Gasteiger partial charge in [0.25, 0.3) is 11.8 Å². The van der Waals surface area contributed by atoms with Crippen LogP contribution in [0.4, 0.5) is 11.4 Å². The zero-order chi connectivity index (χ0) is 33.3. The predicted molar refractivity (Wildman–Crippen MR) is 160 cm³/mol. The Kier molecular flexibility index (Phi) is 7.46. The van der Waals surface area contributed by atoms with Gasteiger partial charge in [-0.25, -0.2) is 4.79 Å². The van der Waals surface area contributed by atoms with Crippen molar-refractivity contribution in [2.75, 3.05) is 38.4 Å². The van der Waals surface area contributed by atoms with Crippen LogP contribution in [0.25, 0.3) is 5.76 Å². The molecule has 45 heavy (non-hydrogen) atoms. The number of aromatic carboxylic acids is 1. The largest absolute Gasteiger partial charge is 0.508 e. The van der Waals surface area contributed by atoms with E-state index < -0.39 is 75.7 Å². The molecule has 1 fully saturated rings. The zero-order valence-corrected chi connectivity index (χ0v) is 24.8. The van der Waals surface area contributed by atoms with Crippen molar-refractivity contribution in [2.45, 2.75) is 24.5 Å². The Balaban J connectivity index is 1.69. The number of amides is 2. The third kappa shape index (κ3) is 4.52. The number of primary amides is 1. The van der Waals surface area contributed by atoms with Crippen LogP contribution in [0.3, 0.4) is 0 Å². The summed E-state index contributed by atoms with van der Waals surface area (Å²) in [5, 5.41) is 57.8. The molecule has 2 aromatic rings. The SMILES string of the molecule is CN(C)c1cc(NC(=O)c2ccccc2C(=O)O)c(O)c2c1CC1CC3[C@@H](N(C)C)C(=O)C(C(N)=O)=C(O)[C@]3(O)C(=O)C1=C2O. The van der Waals surface area contributed by atoms with Gasteiger partial charge in [0.2, 0.25) is 5.78 Å². The van der Waals surface area contributed by atoms with Gasteiger partial charge in [0.1, 0.15) is 22.8 Å². The van der Waals surface area contributed by atoms with Gasteiger partial charge in [-0.15, -0.1) is 0 Å². The number of rotatable bonds is 6. The summed E-state index contributed by atoms with van der Waals surface area (Å²) in [7, 11) is 6.38. The minimum Gasteiger partial charge on any atom is -0.508 e. The van der Waals surface area contributed by atoms with Gasteiger partial charge in [0.05, 0.1) is 28.4 Å². The molecule has 0 bridgehead atoms. The summed E-state index contributed by atoms with van der Waals surface area (Å²) in [5.41, 5.74) is 1.23. The van der Waals surface area contributed by atoms with Crippen molar-refractivity contribution in [1.82, 2.24) is 4.90 Å². The molecule has 0 aliphatic heterocycles. The number of aromatic hydroxyl groups is 1. The summed E-state index contributed by atoms with van der Waals surface area (Å²) in [6.07, 6.45) is -0.0322. The second-order valence-electron chi connectivity index (χ2n) is 11.8. The minimum atomic E-state index is -2.79. The van der Waals surface area contributed by atoms with Crippen LogP contribution in [-0.4, -0.2) is 99.6 Å². The normalized spacial score (nSPS) is 24.2. The minimum absolute atomic E-state index is 0.0473. The molecule has 2 amide bonds. The van der Waals surface area contributed by atoms with Crippen LogP contribution in [0.5, 0.6) is 5.75 Å². The van der Waals surface area contributed by atoms with Gasteiger partial charge in [-0.3, -0.25) is 24.1 Å². The summed E-state index contributed by atoms with van der Waals surface area (Å²) in [5.74, 6) is -10.1. The Hall–Kier alpha value is -5.21. The van der Waals surface area contributed by atoms with Crippen molar-refractivity contribution in [3.05, 3.63) is 69.5 Å². The third-order valence-corrected chi connectivity index (χ3v) is 8.83. The van der Waals surface area contributed by atoms with Crippen LogP contribution in [0, 0.1) is 11.8 Å². The number of nitrogens with zero attached hydrogens (tertiary/aromatic N) is 2. The fourth-order valence-electron chi connectivity index (χ4n) is 6.84. The molecule has 0 aromatic heterocycles. The number of likely N-dealkylation sites (N-methyl/N-ethyl adjacent to an activating group) is 1. The van der Waals surface area contributed by atoms with Crippen molar-refractivity contribution in [2.24, 2.45) is 17.6 Å². The summed E-state index contributed by atoms with van der Waals surface area (Å²) in [6, 6.07) is 5.68. The van der Waals surface area contributed by atoms with Crippen molar-refractivity contribution in [1.29, 1.82) is 0 Å². The van der Waals surface area contributed by atoms with E-state index in [1.807, 2.05) is 0 Å². The lowest BCUT2D eigenvalue weighted by Crippen LogP contribution is -2.65. The molecular weight excluding hydrogens is 588 g/mol. The topological polar surface area (TPSA) is 231 Å². The van der Waals surface area contributed by atoms with Crippen LogP contribution in [-0.2, 0) is 20.8 Å². The number of hydrogen-bond acceptors (Lipinski definition) is 11. The maximum atomic E-state index is 14.1. The fraction of sp³-hybridized carbons (Fsp3) is 0.323. The molecular formula is C31H32N4O10. The lowest BCUT2D eigenvalue weighted by atomic mass is 9.57. The first-order chi connectivity index (χ1) is 21.0. The van der Waals surface area contributed by atoms with Crippen molar-refractivity contribution >= 4 is 46.5 Å². The average molecular weight is 621 g/mol. The molecule has 236 valence electrons. The maximum absolute atomic E-state index is 14.1. The number of Topliss-reactive ketones (excluding diaryl/α,β-unsaturated/α-hetero) is 2. The molecule has 3 aliphatic rings. The molecule has 4 atom stereocenters. The zero-order valence-electron chi connectivity index (χ0n) is 24.8. The molecule has 2 unspecified atom stereocenters. The van der Waals surface area contributed by atoms with Gasteiger partial charge < -0.3 is 41.5 Å². The number of fused-ring (bicyclic) bond motifs is 3. The Morgan fingerprint density at radius 1 is 1.02 bits per heavy atom. The Bertz CT molecular complexity index is 1780. The van der Waals surface area contributed by atoms with E-state index in [9.17, 15) is 49.5 Å². The van der Waals surface area contributed by atoms with Gasteiger partial charge >= 0.3 is 5.97 Å². The van der Waals surface area contributed by atoms with Gasteiger partial charge in [-0.2, -0.15) is 0 Å². The molecule has 5 rings (SSSR count). The third-order valence-electron chi connectivity index (χ3n) is 8.83. The number of hydrogen-bond donors (Lipinski definition) is 7. The van der Waals surface area contributed by atoms with Crippen molar-refractivity contribution in [3.63, 3.8) is 0 Å². The van der Waals surface area contributed by atoms with Crippen LogP contribution in [0.15, 0.2) is 47.2 Å². The molecule has 14 heteroatoms. The number of carboxylic acids is 1. The average Bonchev–Trinajstić information content (AvgIpc) is 2.95. The van der Waals surface area contributed by atoms with Gasteiger partial charge in [-0.05, 0) is 56.6 Å². The highest BCUT2D eigenvalue weighted by Gasteiger charge is 2.64. The van der Waals surface area contributed by atoms with E-state index in [2.05, 4.69) is 5.32 Å². The second-order valence-corrected chi connectivity index (χ2v) is 11.8. The van der Waals surface area contributed by atoms with Crippen LogP contribution in [0.1, 0.15) is 38.3 Å². The number of nitrogens with one attached hydrogen (secondary N) is 1. The fourth-order valence-corrected chi connectivity index (χ4v) is 6.84. The standard InChI is InChI=1S/C31H32N4O10/c1-34(2)18-11-17(33-29(42)13-7-5-6-8-14(13)30(43)44)23(36)20-15(18)9-12-10-16-22(35(3)4)25(38)21(28(32)41)27(40)31(16,45)26(39)19(12)24(20)37/h5-8,11-12,16,22,36-37,40,45H,9-10H2,1-4H3,(H2,32,41)(H,33,42)(H,43,44)/t12?,16?,22-,31-/m1/s1. The molecule has 0 spiro atoms. The number of carbonyl (C=O) groups excluding carboxylic acids is 4. The number of phenolic OH excluding ortho intramolecular Hbond substituents is 1. The Morgan fingerprint density at radius 3 is 2.20 bits per heavy atom. The summed E-state index contributed by atoms with van der Waals surface area (Å²) in [4.78, 5) is 67.5. The van der Waals surface area contributed by atoms with Crippen LogP contribution >= 0.6 is 0 Å². The molecule has 14 nitrogen and oxygen atoms in total. The summed E-state index contributed by atoms with van der Waals surface area (Å²) >= 11 is 0. The molecule has 2 aromatic carbocycles.